The number of hydrogen-bond acceptors (Lipinski definition) is 3. The maximum Gasteiger partial charge on any atom is 0.337 e. The van der Waals surface area contributed by atoms with Gasteiger partial charge in [0.05, 0.1) is 18.4 Å². The summed E-state index contributed by atoms with van der Waals surface area (Å²) in [5.41, 5.74) is 5.36. The number of ketones is 1. The lowest BCUT2D eigenvalue weighted by molar-refractivity contribution is 0.0600. The number of carbonyl (C=O) groups is 2. The monoisotopic (exact) mass is 433 g/mol. The van der Waals surface area contributed by atoms with Crippen LogP contribution in [0.2, 0.25) is 0 Å². The molecule has 1 heterocycles. The van der Waals surface area contributed by atoms with Gasteiger partial charge in [0, 0.05) is 22.0 Å². The Bertz CT molecular complexity index is 1080. The van der Waals surface area contributed by atoms with Gasteiger partial charge in [-0.15, -0.1) is 0 Å². The zero-order chi connectivity index (χ0) is 23.1. The summed E-state index contributed by atoms with van der Waals surface area (Å²) >= 11 is 0. The standard InChI is InChI=1S/C28H35NO3/c1-5-7-9-13-20(12-8-6-2)26-24-17-16-21(28(31)32-4)18-25(24)29-27(26)23-15-11-10-14-22(23)19(3)30/h10-11,14-18,20,29H,5-9,12-13H2,1-4H3. The van der Waals surface area contributed by atoms with E-state index in [1.165, 1.54) is 31.9 Å². The number of nitrogens with one attached hydrogen (secondary N) is 1. The minimum atomic E-state index is -0.348. The molecule has 1 aromatic heterocycles. The number of benzene rings is 2. The molecule has 3 aromatic rings. The average Bonchev–Trinajstić information content (AvgIpc) is 3.19. The first-order chi connectivity index (χ1) is 15.5. The normalized spacial score (nSPS) is 12.1. The van der Waals surface area contributed by atoms with Crippen LogP contribution in [0.25, 0.3) is 22.2 Å². The third-order valence-electron chi connectivity index (χ3n) is 6.31. The maximum atomic E-state index is 12.4. The first-order valence-electron chi connectivity index (χ1n) is 11.9. The fourth-order valence-corrected chi connectivity index (χ4v) is 4.63. The molecule has 0 aliphatic heterocycles. The Hall–Kier alpha value is -2.88. The van der Waals surface area contributed by atoms with Gasteiger partial charge in [-0.2, -0.15) is 0 Å². The van der Waals surface area contributed by atoms with Crippen molar-refractivity contribution in [1.82, 2.24) is 4.98 Å². The van der Waals surface area contributed by atoms with E-state index in [9.17, 15) is 9.59 Å². The molecule has 0 saturated heterocycles. The molecule has 1 atom stereocenters. The third kappa shape index (κ3) is 5.12. The van der Waals surface area contributed by atoms with Crippen molar-refractivity contribution in [2.75, 3.05) is 7.11 Å². The van der Waals surface area contributed by atoms with Crippen LogP contribution in [0.1, 0.15) is 97.9 Å². The second-order valence-electron chi connectivity index (χ2n) is 8.60. The van der Waals surface area contributed by atoms with E-state index in [0.717, 1.165) is 53.4 Å². The fourth-order valence-electron chi connectivity index (χ4n) is 4.63. The van der Waals surface area contributed by atoms with Crippen LogP contribution in [0.5, 0.6) is 0 Å². The molecule has 32 heavy (non-hydrogen) atoms. The SMILES string of the molecule is CCCCCC(CCCC)c1c(-c2ccccc2C(C)=O)[nH]c2cc(C(=O)OC)ccc12. The predicted octanol–water partition coefficient (Wildman–Crippen LogP) is 7.68. The number of rotatable bonds is 11. The molecule has 1 N–H and O–H groups in total. The highest BCUT2D eigenvalue weighted by Gasteiger charge is 2.24. The maximum absolute atomic E-state index is 12.4. The Kier molecular flexibility index (Phi) is 8.26. The van der Waals surface area contributed by atoms with Gasteiger partial charge >= 0.3 is 5.97 Å². The largest absolute Gasteiger partial charge is 0.465 e. The molecule has 0 spiro atoms. The summed E-state index contributed by atoms with van der Waals surface area (Å²) in [6.45, 7) is 6.08. The number of hydrogen-bond donors (Lipinski definition) is 1. The Morgan fingerprint density at radius 2 is 1.69 bits per heavy atom. The van der Waals surface area contributed by atoms with Gasteiger partial charge in [-0.05, 0) is 43.4 Å². The van der Waals surface area contributed by atoms with Crippen LogP contribution in [0.3, 0.4) is 0 Å². The average molecular weight is 434 g/mol. The lowest BCUT2D eigenvalue weighted by Crippen LogP contribution is -2.03. The molecular formula is C28H35NO3. The number of aromatic amines is 1. The van der Waals surface area contributed by atoms with Gasteiger partial charge in [-0.1, -0.05) is 76.3 Å². The summed E-state index contributed by atoms with van der Waals surface area (Å²) in [6.07, 6.45) is 8.14. The van der Waals surface area contributed by atoms with Crippen LogP contribution in [0.15, 0.2) is 42.5 Å². The van der Waals surface area contributed by atoms with E-state index in [4.69, 9.17) is 4.74 Å². The Morgan fingerprint density at radius 3 is 2.38 bits per heavy atom. The van der Waals surface area contributed by atoms with Gasteiger partial charge in [-0.25, -0.2) is 4.79 Å². The van der Waals surface area contributed by atoms with Crippen LogP contribution in [0, 0.1) is 0 Å². The van der Waals surface area contributed by atoms with Crippen molar-refractivity contribution in [2.24, 2.45) is 0 Å². The zero-order valence-corrected chi connectivity index (χ0v) is 19.8. The van der Waals surface area contributed by atoms with Crippen molar-refractivity contribution in [1.29, 1.82) is 0 Å². The summed E-state index contributed by atoms with van der Waals surface area (Å²) in [5, 5.41) is 1.13. The summed E-state index contributed by atoms with van der Waals surface area (Å²) in [6, 6.07) is 13.6. The van der Waals surface area contributed by atoms with Gasteiger partial charge in [0.1, 0.15) is 0 Å². The highest BCUT2D eigenvalue weighted by molar-refractivity contribution is 6.03. The predicted molar refractivity (Wildman–Crippen MR) is 131 cm³/mol. The highest BCUT2D eigenvalue weighted by Crippen LogP contribution is 2.41. The second-order valence-corrected chi connectivity index (χ2v) is 8.60. The topological polar surface area (TPSA) is 59.2 Å². The van der Waals surface area contributed by atoms with E-state index in [1.54, 1.807) is 6.92 Å². The molecule has 0 aliphatic carbocycles. The molecule has 0 aliphatic rings. The summed E-state index contributed by atoms with van der Waals surface area (Å²) < 4.78 is 4.93. The van der Waals surface area contributed by atoms with Gasteiger partial charge in [0.2, 0.25) is 0 Å². The van der Waals surface area contributed by atoms with Crippen molar-refractivity contribution >= 4 is 22.7 Å². The Labute approximate surface area is 191 Å². The highest BCUT2D eigenvalue weighted by atomic mass is 16.5. The van der Waals surface area contributed by atoms with Gasteiger partial charge in [0.15, 0.2) is 5.78 Å². The molecule has 0 radical (unpaired) electrons. The van der Waals surface area contributed by atoms with Crippen molar-refractivity contribution in [3.8, 4) is 11.3 Å². The van der Waals surface area contributed by atoms with E-state index in [1.807, 2.05) is 42.5 Å². The Morgan fingerprint density at radius 1 is 0.969 bits per heavy atom. The smallest absolute Gasteiger partial charge is 0.337 e. The number of unbranched alkanes of at least 4 members (excludes halogenated alkanes) is 3. The number of esters is 1. The lowest BCUT2D eigenvalue weighted by Gasteiger charge is -2.19. The molecule has 0 saturated carbocycles. The number of aromatic nitrogens is 1. The van der Waals surface area contributed by atoms with Crippen molar-refractivity contribution in [2.45, 2.75) is 71.6 Å². The molecule has 0 amide bonds. The number of ether oxygens (including phenoxy) is 1. The summed E-state index contributed by atoms with van der Waals surface area (Å²) in [7, 11) is 1.40. The third-order valence-corrected chi connectivity index (χ3v) is 6.31. The molecule has 0 fully saturated rings. The summed E-state index contributed by atoms with van der Waals surface area (Å²) in [5.74, 6) is 0.102. The fraction of sp³-hybridized carbons (Fsp3) is 0.429. The second kappa shape index (κ2) is 11.1. The molecule has 3 rings (SSSR count). The van der Waals surface area contributed by atoms with Crippen LogP contribution >= 0.6 is 0 Å². The molecule has 4 nitrogen and oxygen atoms in total. The molecule has 4 heteroatoms. The zero-order valence-electron chi connectivity index (χ0n) is 19.8. The van der Waals surface area contributed by atoms with E-state index >= 15 is 0 Å². The van der Waals surface area contributed by atoms with Crippen LogP contribution in [-0.4, -0.2) is 23.8 Å². The van der Waals surface area contributed by atoms with Gasteiger partial charge < -0.3 is 9.72 Å². The van der Waals surface area contributed by atoms with Gasteiger partial charge in [0.25, 0.3) is 0 Å². The van der Waals surface area contributed by atoms with Crippen molar-refractivity contribution < 1.29 is 14.3 Å². The first-order valence-corrected chi connectivity index (χ1v) is 11.9. The quantitative estimate of drug-likeness (QED) is 0.192. The van der Waals surface area contributed by atoms with Crippen molar-refractivity contribution in [3.63, 3.8) is 0 Å². The number of methoxy groups -OCH3 is 1. The number of carbonyl (C=O) groups excluding carboxylic acids is 2. The molecule has 0 bridgehead atoms. The van der Waals surface area contributed by atoms with Crippen LogP contribution in [0.4, 0.5) is 0 Å². The first kappa shape index (κ1) is 23.8. The molecule has 2 aromatic carbocycles. The number of fused-ring (bicyclic) bond motifs is 1. The van der Waals surface area contributed by atoms with Gasteiger partial charge in [-0.3, -0.25) is 4.79 Å². The molecule has 1 unspecified atom stereocenters. The van der Waals surface area contributed by atoms with Crippen LogP contribution in [-0.2, 0) is 4.74 Å². The van der Waals surface area contributed by atoms with E-state index in [-0.39, 0.29) is 11.8 Å². The number of H-pyrrole nitrogens is 1. The summed E-state index contributed by atoms with van der Waals surface area (Å²) in [4.78, 5) is 28.1. The molecule has 170 valence electrons. The number of Topliss-reactive ketones (excluding diaryl/α,β-unsaturated/α-hetero) is 1. The minimum absolute atomic E-state index is 0.0524. The molecular weight excluding hydrogens is 398 g/mol. The van der Waals surface area contributed by atoms with E-state index in [2.05, 4.69) is 18.8 Å². The van der Waals surface area contributed by atoms with Crippen molar-refractivity contribution in [3.05, 3.63) is 59.2 Å². The van der Waals surface area contributed by atoms with E-state index < -0.39 is 0 Å². The Balaban J connectivity index is 2.23. The van der Waals surface area contributed by atoms with Crippen LogP contribution < -0.4 is 0 Å². The van der Waals surface area contributed by atoms with E-state index in [0.29, 0.717) is 11.5 Å². The minimum Gasteiger partial charge on any atom is -0.465 e. The lowest BCUT2D eigenvalue weighted by atomic mass is 9.84.